The number of rotatable bonds is 5. The van der Waals surface area contributed by atoms with Crippen molar-refractivity contribution in [3.05, 3.63) is 35.4 Å². The quantitative estimate of drug-likeness (QED) is 0.819. The maximum Gasteiger partial charge on any atom is 0.320 e. The highest BCUT2D eigenvalue weighted by Crippen LogP contribution is 2.14. The zero-order valence-corrected chi connectivity index (χ0v) is 12.2. The summed E-state index contributed by atoms with van der Waals surface area (Å²) in [5.74, 6) is -1.20. The molecule has 0 saturated carbocycles. The van der Waals surface area contributed by atoms with E-state index >= 15 is 0 Å². The molecule has 1 aromatic carbocycles. The summed E-state index contributed by atoms with van der Waals surface area (Å²) in [6.07, 6.45) is 0. The van der Waals surface area contributed by atoms with E-state index in [2.05, 4.69) is 4.90 Å². The summed E-state index contributed by atoms with van der Waals surface area (Å²) >= 11 is 0. The Morgan fingerprint density at radius 3 is 2.43 bits per heavy atom. The van der Waals surface area contributed by atoms with Crippen molar-refractivity contribution in [2.24, 2.45) is 5.73 Å². The largest absolute Gasteiger partial charge is 0.480 e. The Morgan fingerprint density at radius 2 is 1.86 bits per heavy atom. The molecule has 0 radical (unpaired) electrons. The minimum Gasteiger partial charge on any atom is -0.480 e. The van der Waals surface area contributed by atoms with E-state index in [1.165, 1.54) is 0 Å². The number of piperazine rings is 1. The predicted octanol–water partition coefficient (Wildman–Crippen LogP) is 0.376. The van der Waals surface area contributed by atoms with E-state index in [9.17, 15) is 9.59 Å². The van der Waals surface area contributed by atoms with Crippen LogP contribution in [0.15, 0.2) is 24.3 Å². The molecule has 0 aliphatic carbocycles. The molecule has 0 spiro atoms. The molecule has 0 aromatic heterocycles. The summed E-state index contributed by atoms with van der Waals surface area (Å²) in [5.41, 5.74) is 6.86. The molecule has 1 fully saturated rings. The Kier molecular flexibility index (Phi) is 4.93. The summed E-state index contributed by atoms with van der Waals surface area (Å²) in [7, 11) is 0. The lowest BCUT2D eigenvalue weighted by Gasteiger charge is -2.36. The fraction of sp³-hybridized carbons (Fsp3) is 0.467. The van der Waals surface area contributed by atoms with Gasteiger partial charge in [-0.2, -0.15) is 0 Å². The molecule has 1 aliphatic rings. The number of nitrogens with two attached hydrogens (primary N) is 1. The highest BCUT2D eigenvalue weighted by atomic mass is 16.4. The van der Waals surface area contributed by atoms with Crippen molar-refractivity contribution in [3.63, 3.8) is 0 Å². The second-order valence-electron chi connectivity index (χ2n) is 5.35. The number of amides is 1. The van der Waals surface area contributed by atoms with E-state index in [0.717, 1.165) is 18.7 Å². The van der Waals surface area contributed by atoms with Crippen LogP contribution >= 0.6 is 0 Å². The third kappa shape index (κ3) is 3.80. The lowest BCUT2D eigenvalue weighted by Crippen LogP contribution is -2.51. The smallest absolute Gasteiger partial charge is 0.320 e. The van der Waals surface area contributed by atoms with Crippen molar-refractivity contribution in [2.45, 2.75) is 19.5 Å². The first-order chi connectivity index (χ1) is 9.99. The fourth-order valence-electron chi connectivity index (χ4n) is 2.60. The Balaban J connectivity index is 1.95. The van der Waals surface area contributed by atoms with Crippen molar-refractivity contribution in [3.8, 4) is 0 Å². The van der Waals surface area contributed by atoms with Gasteiger partial charge in [0, 0.05) is 38.3 Å². The first-order valence-corrected chi connectivity index (χ1v) is 7.06. The number of carboxylic acid groups (broad SMARTS) is 1. The molecular weight excluding hydrogens is 270 g/mol. The number of hydrogen-bond acceptors (Lipinski definition) is 4. The Labute approximate surface area is 124 Å². The van der Waals surface area contributed by atoms with Crippen LogP contribution in [-0.2, 0) is 11.3 Å². The number of hydrogen-bond donors (Lipinski definition) is 2. The van der Waals surface area contributed by atoms with Gasteiger partial charge in [0.05, 0.1) is 0 Å². The van der Waals surface area contributed by atoms with Gasteiger partial charge in [0.15, 0.2) is 0 Å². The van der Waals surface area contributed by atoms with Crippen molar-refractivity contribution in [1.29, 1.82) is 0 Å². The van der Waals surface area contributed by atoms with E-state index in [1.54, 1.807) is 19.1 Å². The van der Waals surface area contributed by atoms with Gasteiger partial charge in [-0.3, -0.25) is 19.4 Å². The average molecular weight is 291 g/mol. The van der Waals surface area contributed by atoms with Crippen LogP contribution in [0.4, 0.5) is 0 Å². The van der Waals surface area contributed by atoms with Crippen LogP contribution in [0.1, 0.15) is 22.8 Å². The summed E-state index contributed by atoms with van der Waals surface area (Å²) < 4.78 is 0. The first kappa shape index (κ1) is 15.5. The fourth-order valence-corrected chi connectivity index (χ4v) is 2.60. The Hall–Kier alpha value is -1.92. The van der Waals surface area contributed by atoms with E-state index in [0.29, 0.717) is 25.2 Å². The molecule has 0 bridgehead atoms. The molecule has 1 saturated heterocycles. The molecule has 3 N–H and O–H groups in total. The second-order valence-corrected chi connectivity index (χ2v) is 5.35. The van der Waals surface area contributed by atoms with Crippen molar-refractivity contribution < 1.29 is 14.7 Å². The maximum atomic E-state index is 11.4. The zero-order chi connectivity index (χ0) is 15.4. The highest BCUT2D eigenvalue weighted by Gasteiger charge is 2.25. The second kappa shape index (κ2) is 6.69. The SMILES string of the molecule is CC(C(=O)O)N1CCN(Cc2ccccc2C(N)=O)CC1. The molecule has 1 aromatic rings. The van der Waals surface area contributed by atoms with E-state index in [1.807, 2.05) is 17.0 Å². The summed E-state index contributed by atoms with van der Waals surface area (Å²) in [4.78, 5) is 26.6. The molecule has 6 heteroatoms. The minimum atomic E-state index is -0.789. The number of primary amides is 1. The van der Waals surface area contributed by atoms with E-state index in [4.69, 9.17) is 10.8 Å². The lowest BCUT2D eigenvalue weighted by atomic mass is 10.1. The predicted molar refractivity (Wildman–Crippen MR) is 78.9 cm³/mol. The number of nitrogens with zero attached hydrogens (tertiary/aromatic N) is 2. The molecule has 1 unspecified atom stereocenters. The highest BCUT2D eigenvalue weighted by molar-refractivity contribution is 5.94. The van der Waals surface area contributed by atoms with Gasteiger partial charge in [-0.15, -0.1) is 0 Å². The summed E-state index contributed by atoms with van der Waals surface area (Å²) in [6, 6.07) is 6.89. The molecule has 6 nitrogen and oxygen atoms in total. The van der Waals surface area contributed by atoms with Crippen LogP contribution in [0.5, 0.6) is 0 Å². The van der Waals surface area contributed by atoms with Gasteiger partial charge >= 0.3 is 5.97 Å². The number of carboxylic acids is 1. The van der Waals surface area contributed by atoms with Crippen molar-refractivity contribution in [1.82, 2.24) is 9.80 Å². The monoisotopic (exact) mass is 291 g/mol. The molecular formula is C15H21N3O3. The number of benzene rings is 1. The molecule has 1 atom stereocenters. The lowest BCUT2D eigenvalue weighted by molar-refractivity contribution is -0.143. The summed E-state index contributed by atoms with van der Waals surface area (Å²) in [5, 5.41) is 9.03. The van der Waals surface area contributed by atoms with Gasteiger partial charge in [0.25, 0.3) is 0 Å². The number of carbonyl (C=O) groups is 2. The molecule has 1 aliphatic heterocycles. The summed E-state index contributed by atoms with van der Waals surface area (Å²) in [6.45, 7) is 5.36. The van der Waals surface area contributed by atoms with Crippen LogP contribution in [0, 0.1) is 0 Å². The van der Waals surface area contributed by atoms with Gasteiger partial charge in [-0.25, -0.2) is 0 Å². The standard InChI is InChI=1S/C15H21N3O3/c1-11(15(20)21)18-8-6-17(7-9-18)10-12-4-2-3-5-13(12)14(16)19/h2-5,11H,6-10H2,1H3,(H2,16,19)(H,20,21). The van der Waals surface area contributed by atoms with Crippen LogP contribution in [-0.4, -0.2) is 59.0 Å². The Morgan fingerprint density at radius 1 is 1.24 bits per heavy atom. The molecule has 1 heterocycles. The van der Waals surface area contributed by atoms with E-state index < -0.39 is 17.9 Å². The van der Waals surface area contributed by atoms with Crippen LogP contribution in [0.2, 0.25) is 0 Å². The third-order valence-electron chi connectivity index (χ3n) is 3.99. The minimum absolute atomic E-state index is 0.413. The molecule has 114 valence electrons. The van der Waals surface area contributed by atoms with Crippen molar-refractivity contribution in [2.75, 3.05) is 26.2 Å². The molecule has 2 rings (SSSR count). The average Bonchev–Trinajstić information content (AvgIpc) is 2.47. The normalized spacial score (nSPS) is 18.3. The van der Waals surface area contributed by atoms with Gasteiger partial charge in [0.1, 0.15) is 6.04 Å². The van der Waals surface area contributed by atoms with Gasteiger partial charge in [-0.1, -0.05) is 18.2 Å². The number of carbonyl (C=O) groups excluding carboxylic acids is 1. The Bertz CT molecular complexity index is 525. The van der Waals surface area contributed by atoms with Crippen LogP contribution in [0.3, 0.4) is 0 Å². The first-order valence-electron chi connectivity index (χ1n) is 7.06. The van der Waals surface area contributed by atoms with E-state index in [-0.39, 0.29) is 0 Å². The number of aliphatic carboxylic acids is 1. The maximum absolute atomic E-state index is 11.4. The third-order valence-corrected chi connectivity index (χ3v) is 3.99. The molecule has 21 heavy (non-hydrogen) atoms. The van der Waals surface area contributed by atoms with Gasteiger partial charge in [-0.05, 0) is 18.6 Å². The van der Waals surface area contributed by atoms with Gasteiger partial charge < -0.3 is 10.8 Å². The zero-order valence-electron chi connectivity index (χ0n) is 12.2. The van der Waals surface area contributed by atoms with Crippen molar-refractivity contribution >= 4 is 11.9 Å². The molecule has 1 amide bonds. The van der Waals surface area contributed by atoms with Crippen LogP contribution < -0.4 is 5.73 Å². The van der Waals surface area contributed by atoms with Gasteiger partial charge in [0.2, 0.25) is 5.91 Å². The van der Waals surface area contributed by atoms with Crippen LogP contribution in [0.25, 0.3) is 0 Å². The topological polar surface area (TPSA) is 86.9 Å².